The largest absolute Gasteiger partial charge is 0.387 e. The minimum absolute atomic E-state index is 0.171. The molecule has 1 aliphatic rings. The van der Waals surface area contributed by atoms with Crippen LogP contribution in [0, 0.1) is 6.92 Å². The van der Waals surface area contributed by atoms with Gasteiger partial charge in [-0.3, -0.25) is 4.79 Å². The van der Waals surface area contributed by atoms with E-state index in [0.717, 1.165) is 30.1 Å². The third-order valence-corrected chi connectivity index (χ3v) is 4.76. The number of amides is 1. The van der Waals surface area contributed by atoms with Crippen LogP contribution in [-0.4, -0.2) is 40.7 Å². The normalized spacial score (nSPS) is 14.8. The molecule has 1 aliphatic heterocycles. The van der Waals surface area contributed by atoms with Crippen LogP contribution in [0.5, 0.6) is 0 Å². The molecule has 116 valence electrons. The van der Waals surface area contributed by atoms with Crippen LogP contribution >= 0.6 is 11.5 Å². The molecule has 2 N–H and O–H groups in total. The quantitative estimate of drug-likeness (QED) is 0.888. The Bertz CT molecular complexity index is 701. The molecule has 7 heteroatoms. The number of aromatic nitrogens is 2. The number of fused-ring (bicyclic) bond motifs is 1. The van der Waals surface area contributed by atoms with Crippen molar-refractivity contribution in [2.45, 2.75) is 19.4 Å². The SMILES string of the molecule is Cc1nnsc1C(=O)NC[C@H](O)c1ccc2c(c1)CCN2C. The fraction of sp³-hybridized carbons (Fsp3) is 0.400. The zero-order valence-corrected chi connectivity index (χ0v) is 13.4. The number of hydrogen-bond acceptors (Lipinski definition) is 6. The summed E-state index contributed by atoms with van der Waals surface area (Å²) >= 11 is 1.06. The van der Waals surface area contributed by atoms with Crippen molar-refractivity contribution < 1.29 is 9.90 Å². The predicted octanol–water partition coefficient (Wildman–Crippen LogP) is 1.30. The molecule has 0 spiro atoms. The molecule has 0 unspecified atom stereocenters. The van der Waals surface area contributed by atoms with Crippen molar-refractivity contribution in [1.29, 1.82) is 0 Å². The number of likely N-dealkylation sites (N-methyl/N-ethyl adjacent to an activating group) is 1. The van der Waals surface area contributed by atoms with Gasteiger partial charge in [0.1, 0.15) is 4.88 Å². The number of anilines is 1. The number of rotatable bonds is 4. The Balaban J connectivity index is 1.64. The van der Waals surface area contributed by atoms with E-state index in [1.807, 2.05) is 18.2 Å². The summed E-state index contributed by atoms with van der Waals surface area (Å²) in [5.41, 5.74) is 3.89. The van der Waals surface area contributed by atoms with E-state index in [9.17, 15) is 9.90 Å². The van der Waals surface area contributed by atoms with Crippen LogP contribution in [0.4, 0.5) is 5.69 Å². The molecule has 1 amide bonds. The number of aryl methyl sites for hydroxylation is 1. The second kappa shape index (κ2) is 6.02. The van der Waals surface area contributed by atoms with Gasteiger partial charge in [-0.1, -0.05) is 16.6 Å². The maximum atomic E-state index is 12.0. The van der Waals surface area contributed by atoms with Crippen molar-refractivity contribution in [3.05, 3.63) is 39.9 Å². The second-order valence-electron chi connectivity index (χ2n) is 5.47. The number of aliphatic hydroxyl groups excluding tert-OH is 1. The van der Waals surface area contributed by atoms with E-state index < -0.39 is 6.10 Å². The average molecular weight is 318 g/mol. The van der Waals surface area contributed by atoms with Gasteiger partial charge in [0.05, 0.1) is 11.8 Å². The van der Waals surface area contributed by atoms with E-state index in [1.54, 1.807) is 6.92 Å². The van der Waals surface area contributed by atoms with Crippen molar-refractivity contribution in [3.8, 4) is 0 Å². The summed E-state index contributed by atoms with van der Waals surface area (Å²) in [6.07, 6.45) is 0.270. The molecule has 0 saturated carbocycles. The van der Waals surface area contributed by atoms with Crippen molar-refractivity contribution in [2.75, 3.05) is 25.0 Å². The molecule has 0 fully saturated rings. The van der Waals surface area contributed by atoms with Crippen LogP contribution in [-0.2, 0) is 6.42 Å². The van der Waals surface area contributed by atoms with Gasteiger partial charge in [0.15, 0.2) is 0 Å². The number of carbonyl (C=O) groups excluding carboxylic acids is 1. The molecular weight excluding hydrogens is 300 g/mol. The molecule has 22 heavy (non-hydrogen) atoms. The highest BCUT2D eigenvalue weighted by molar-refractivity contribution is 7.07. The van der Waals surface area contributed by atoms with Crippen LogP contribution in [0.1, 0.15) is 32.6 Å². The smallest absolute Gasteiger partial charge is 0.265 e. The van der Waals surface area contributed by atoms with Gasteiger partial charge in [-0.2, -0.15) is 0 Å². The van der Waals surface area contributed by atoms with Crippen LogP contribution in [0.2, 0.25) is 0 Å². The first-order valence-electron chi connectivity index (χ1n) is 7.15. The summed E-state index contributed by atoms with van der Waals surface area (Å²) in [7, 11) is 2.06. The molecule has 0 saturated heterocycles. The highest BCUT2D eigenvalue weighted by Crippen LogP contribution is 2.29. The molecule has 3 rings (SSSR count). The minimum Gasteiger partial charge on any atom is -0.387 e. The summed E-state index contributed by atoms with van der Waals surface area (Å²) in [5, 5.41) is 16.8. The standard InChI is InChI=1S/C15H18N4O2S/c1-9-14(22-18-17-9)15(21)16-8-13(20)11-3-4-12-10(7-11)5-6-19(12)2/h3-4,7,13,20H,5-6,8H2,1-2H3,(H,16,21)/t13-/m0/s1. The number of aliphatic hydroxyl groups is 1. The molecule has 0 aliphatic carbocycles. The van der Waals surface area contributed by atoms with Crippen LogP contribution < -0.4 is 10.2 Å². The molecule has 1 aromatic heterocycles. The predicted molar refractivity (Wildman–Crippen MR) is 85.4 cm³/mol. The fourth-order valence-corrected chi connectivity index (χ4v) is 3.19. The Morgan fingerprint density at radius 1 is 1.55 bits per heavy atom. The topological polar surface area (TPSA) is 78.3 Å². The van der Waals surface area contributed by atoms with E-state index in [2.05, 4.69) is 26.9 Å². The summed E-state index contributed by atoms with van der Waals surface area (Å²) in [5.74, 6) is -0.243. The van der Waals surface area contributed by atoms with Gasteiger partial charge >= 0.3 is 0 Å². The number of hydrogen-bond donors (Lipinski definition) is 2. The van der Waals surface area contributed by atoms with E-state index in [0.29, 0.717) is 10.6 Å². The number of benzene rings is 1. The Hall–Kier alpha value is -1.99. The zero-order chi connectivity index (χ0) is 15.7. The lowest BCUT2D eigenvalue weighted by atomic mass is 10.0. The van der Waals surface area contributed by atoms with Crippen molar-refractivity contribution in [2.24, 2.45) is 0 Å². The Labute approximate surface area is 132 Å². The third-order valence-electron chi connectivity index (χ3n) is 3.93. The van der Waals surface area contributed by atoms with Gasteiger partial charge < -0.3 is 15.3 Å². The van der Waals surface area contributed by atoms with Crippen LogP contribution in [0.25, 0.3) is 0 Å². The van der Waals surface area contributed by atoms with Crippen molar-refractivity contribution >= 4 is 23.1 Å². The lowest BCUT2D eigenvalue weighted by molar-refractivity contribution is 0.0919. The Kier molecular flexibility index (Phi) is 4.08. The highest BCUT2D eigenvalue weighted by atomic mass is 32.1. The first-order chi connectivity index (χ1) is 10.6. The maximum Gasteiger partial charge on any atom is 0.265 e. The molecular formula is C15H18N4O2S. The van der Waals surface area contributed by atoms with E-state index in [-0.39, 0.29) is 12.5 Å². The van der Waals surface area contributed by atoms with Gasteiger partial charge in [-0.15, -0.1) is 5.10 Å². The zero-order valence-electron chi connectivity index (χ0n) is 12.5. The number of nitrogens with one attached hydrogen (secondary N) is 1. The second-order valence-corrected chi connectivity index (χ2v) is 6.23. The number of nitrogens with zero attached hydrogens (tertiary/aromatic N) is 3. The van der Waals surface area contributed by atoms with E-state index in [4.69, 9.17) is 0 Å². The summed E-state index contributed by atoms with van der Waals surface area (Å²) in [6.45, 7) is 2.92. The summed E-state index contributed by atoms with van der Waals surface area (Å²) in [6, 6.07) is 5.96. The monoisotopic (exact) mass is 318 g/mol. The van der Waals surface area contributed by atoms with E-state index >= 15 is 0 Å². The summed E-state index contributed by atoms with van der Waals surface area (Å²) < 4.78 is 3.74. The Morgan fingerprint density at radius 2 is 2.36 bits per heavy atom. The summed E-state index contributed by atoms with van der Waals surface area (Å²) in [4.78, 5) is 14.7. The van der Waals surface area contributed by atoms with E-state index in [1.165, 1.54) is 11.3 Å². The van der Waals surface area contributed by atoms with Crippen molar-refractivity contribution in [3.63, 3.8) is 0 Å². The molecule has 0 bridgehead atoms. The molecule has 2 heterocycles. The molecule has 1 aromatic carbocycles. The lowest BCUT2D eigenvalue weighted by Crippen LogP contribution is -2.28. The fourth-order valence-electron chi connectivity index (χ4n) is 2.62. The van der Waals surface area contributed by atoms with Gasteiger partial charge in [0.25, 0.3) is 5.91 Å². The third kappa shape index (κ3) is 2.82. The number of carbonyl (C=O) groups is 1. The van der Waals surface area contributed by atoms with Crippen molar-refractivity contribution in [1.82, 2.24) is 14.9 Å². The molecule has 2 aromatic rings. The van der Waals surface area contributed by atoms with Gasteiger partial charge in [-0.05, 0) is 42.1 Å². The molecule has 0 radical (unpaired) electrons. The lowest BCUT2D eigenvalue weighted by Gasteiger charge is -2.15. The first-order valence-corrected chi connectivity index (χ1v) is 7.93. The maximum absolute atomic E-state index is 12.0. The minimum atomic E-state index is -0.721. The van der Waals surface area contributed by atoms with Gasteiger partial charge in [0, 0.05) is 25.8 Å². The Morgan fingerprint density at radius 3 is 3.09 bits per heavy atom. The molecule has 1 atom stereocenters. The van der Waals surface area contributed by atoms with Gasteiger partial charge in [-0.25, -0.2) is 0 Å². The molecule has 6 nitrogen and oxygen atoms in total. The first kappa shape index (κ1) is 14.9. The highest BCUT2D eigenvalue weighted by Gasteiger charge is 2.19. The van der Waals surface area contributed by atoms with Gasteiger partial charge in [0.2, 0.25) is 0 Å². The van der Waals surface area contributed by atoms with Crippen LogP contribution in [0.3, 0.4) is 0 Å². The average Bonchev–Trinajstić information content (AvgIpc) is 3.10. The van der Waals surface area contributed by atoms with Crippen LogP contribution in [0.15, 0.2) is 18.2 Å².